The van der Waals surface area contributed by atoms with Crippen molar-refractivity contribution in [1.82, 2.24) is 20.0 Å². The number of esters is 1. The molecule has 0 aliphatic rings. The number of rotatable bonds is 5. The molecule has 20 heavy (non-hydrogen) atoms. The summed E-state index contributed by atoms with van der Waals surface area (Å²) in [7, 11) is 0. The summed E-state index contributed by atoms with van der Waals surface area (Å²) >= 11 is 0. The third-order valence-corrected chi connectivity index (χ3v) is 2.87. The van der Waals surface area contributed by atoms with E-state index in [1.807, 2.05) is 13.8 Å². The van der Waals surface area contributed by atoms with Crippen LogP contribution in [-0.2, 0) is 11.3 Å². The lowest BCUT2D eigenvalue weighted by atomic mass is 10.3. The van der Waals surface area contributed by atoms with Gasteiger partial charge in [0.25, 0.3) is 0 Å². The second-order valence-electron chi connectivity index (χ2n) is 4.32. The molecule has 0 fully saturated rings. The minimum absolute atomic E-state index is 0.142. The maximum atomic E-state index is 11.7. The van der Waals surface area contributed by atoms with Crippen LogP contribution >= 0.6 is 0 Å². The monoisotopic (exact) mass is 276 g/mol. The van der Waals surface area contributed by atoms with E-state index in [9.17, 15) is 4.79 Å². The Morgan fingerprint density at radius 1 is 1.45 bits per heavy atom. The number of aromatic nitrogens is 4. The van der Waals surface area contributed by atoms with Gasteiger partial charge in [0.05, 0.1) is 11.4 Å². The van der Waals surface area contributed by atoms with Crippen molar-refractivity contribution in [3.05, 3.63) is 41.4 Å². The normalized spacial score (nSPS) is 10.6. The minimum Gasteiger partial charge on any atom is -0.457 e. The topological polar surface area (TPSA) is 83.0 Å². The second kappa shape index (κ2) is 5.68. The van der Waals surface area contributed by atoms with E-state index in [0.29, 0.717) is 18.1 Å². The molecule has 0 aliphatic carbocycles. The molecule has 0 unspecified atom stereocenters. The Morgan fingerprint density at radius 2 is 2.20 bits per heavy atom. The molecule has 2 rings (SSSR count). The summed E-state index contributed by atoms with van der Waals surface area (Å²) in [5.41, 5.74) is 1.63. The van der Waals surface area contributed by atoms with Crippen molar-refractivity contribution in [2.24, 2.45) is 0 Å². The molecule has 2 aromatic rings. The van der Waals surface area contributed by atoms with Crippen LogP contribution < -0.4 is 0 Å². The van der Waals surface area contributed by atoms with Crippen LogP contribution in [0.5, 0.6) is 0 Å². The second-order valence-corrected chi connectivity index (χ2v) is 4.32. The lowest BCUT2D eigenvalue weighted by Gasteiger charge is -2.01. The predicted octanol–water partition coefficient (Wildman–Crippen LogP) is 1.58. The number of oxazole rings is 1. The van der Waals surface area contributed by atoms with E-state index in [1.54, 1.807) is 11.6 Å². The minimum atomic E-state index is -0.520. The summed E-state index contributed by atoms with van der Waals surface area (Å²) < 4.78 is 12.0. The van der Waals surface area contributed by atoms with Gasteiger partial charge in [-0.25, -0.2) is 14.5 Å². The van der Waals surface area contributed by atoms with Gasteiger partial charge in [-0.2, -0.15) is 0 Å². The molecule has 7 heteroatoms. The van der Waals surface area contributed by atoms with Crippen molar-refractivity contribution in [2.45, 2.75) is 27.3 Å². The fourth-order valence-corrected chi connectivity index (χ4v) is 1.64. The molecule has 0 saturated heterocycles. The van der Waals surface area contributed by atoms with E-state index in [-0.39, 0.29) is 12.3 Å². The molecule has 0 spiro atoms. The summed E-state index contributed by atoms with van der Waals surface area (Å²) in [6.07, 6.45) is 1.50. The standard InChI is InChI=1S/C13H16N4O3/c1-5-6-19-13(18)12-9(3)17(16-15-12)7-11-14-8(2)10(4)20-11/h5H,1,6-7H2,2-4H3. The first-order chi connectivity index (χ1) is 9.52. The number of nitrogens with zero attached hydrogens (tertiary/aromatic N) is 4. The highest BCUT2D eigenvalue weighted by atomic mass is 16.5. The van der Waals surface area contributed by atoms with Gasteiger partial charge in [0.2, 0.25) is 5.89 Å². The Hall–Kier alpha value is -2.44. The number of carbonyl (C=O) groups is 1. The molecule has 2 aromatic heterocycles. The maximum Gasteiger partial charge on any atom is 0.361 e. The summed E-state index contributed by atoms with van der Waals surface area (Å²) in [6.45, 7) is 9.40. The summed E-state index contributed by atoms with van der Waals surface area (Å²) in [5.74, 6) is 0.774. The fourth-order valence-electron chi connectivity index (χ4n) is 1.64. The molecule has 0 radical (unpaired) electrons. The van der Waals surface area contributed by atoms with Gasteiger partial charge >= 0.3 is 5.97 Å². The van der Waals surface area contributed by atoms with Crippen LogP contribution in [0.25, 0.3) is 0 Å². The third kappa shape index (κ3) is 2.76. The fraction of sp³-hybridized carbons (Fsp3) is 0.385. The van der Waals surface area contributed by atoms with Crippen LogP contribution in [0.3, 0.4) is 0 Å². The van der Waals surface area contributed by atoms with E-state index in [2.05, 4.69) is 21.9 Å². The van der Waals surface area contributed by atoms with Crippen LogP contribution in [-0.4, -0.2) is 32.6 Å². The van der Waals surface area contributed by atoms with Crippen LogP contribution in [0.1, 0.15) is 33.5 Å². The summed E-state index contributed by atoms with van der Waals surface area (Å²) in [4.78, 5) is 16.0. The zero-order valence-electron chi connectivity index (χ0n) is 11.7. The van der Waals surface area contributed by atoms with Gasteiger partial charge in [0.1, 0.15) is 18.9 Å². The average molecular weight is 276 g/mol. The third-order valence-electron chi connectivity index (χ3n) is 2.87. The molecule has 0 aliphatic heterocycles. The van der Waals surface area contributed by atoms with Crippen molar-refractivity contribution in [3.63, 3.8) is 0 Å². The molecule has 0 saturated carbocycles. The average Bonchev–Trinajstić information content (AvgIpc) is 2.92. The van der Waals surface area contributed by atoms with Crippen LogP contribution in [0, 0.1) is 20.8 Å². The van der Waals surface area contributed by atoms with E-state index in [0.717, 1.165) is 11.5 Å². The highest BCUT2D eigenvalue weighted by molar-refractivity contribution is 5.88. The Labute approximate surface area is 116 Å². The van der Waals surface area contributed by atoms with E-state index in [4.69, 9.17) is 9.15 Å². The molecule has 0 aromatic carbocycles. The smallest absolute Gasteiger partial charge is 0.361 e. The van der Waals surface area contributed by atoms with Crippen molar-refractivity contribution in [2.75, 3.05) is 6.61 Å². The van der Waals surface area contributed by atoms with Crippen molar-refractivity contribution >= 4 is 5.97 Å². The Morgan fingerprint density at radius 3 is 2.80 bits per heavy atom. The van der Waals surface area contributed by atoms with Crippen molar-refractivity contribution in [3.8, 4) is 0 Å². The van der Waals surface area contributed by atoms with Crippen LogP contribution in [0.15, 0.2) is 17.1 Å². The first-order valence-corrected chi connectivity index (χ1v) is 6.14. The molecule has 0 amide bonds. The summed E-state index contributed by atoms with van der Waals surface area (Å²) in [6, 6.07) is 0. The van der Waals surface area contributed by atoms with E-state index in [1.165, 1.54) is 6.08 Å². The number of ether oxygens (including phenoxy) is 1. The molecule has 7 nitrogen and oxygen atoms in total. The highest BCUT2D eigenvalue weighted by Crippen LogP contribution is 2.12. The molecule has 2 heterocycles. The Kier molecular flexibility index (Phi) is 3.97. The van der Waals surface area contributed by atoms with E-state index < -0.39 is 5.97 Å². The summed E-state index contributed by atoms with van der Waals surface area (Å²) in [5, 5.41) is 7.75. The number of hydrogen-bond acceptors (Lipinski definition) is 6. The Balaban J connectivity index is 2.16. The van der Waals surface area contributed by atoms with Gasteiger partial charge in [-0.05, 0) is 20.8 Å². The van der Waals surface area contributed by atoms with Gasteiger partial charge in [-0.15, -0.1) is 5.10 Å². The molecule has 106 valence electrons. The van der Waals surface area contributed by atoms with Gasteiger partial charge in [-0.1, -0.05) is 17.9 Å². The van der Waals surface area contributed by atoms with Crippen molar-refractivity contribution < 1.29 is 13.9 Å². The quantitative estimate of drug-likeness (QED) is 0.609. The number of hydrogen-bond donors (Lipinski definition) is 0. The van der Waals surface area contributed by atoms with Gasteiger partial charge in [-0.3, -0.25) is 0 Å². The zero-order chi connectivity index (χ0) is 14.7. The molecular formula is C13H16N4O3. The van der Waals surface area contributed by atoms with Gasteiger partial charge < -0.3 is 9.15 Å². The number of aryl methyl sites for hydroxylation is 2. The maximum absolute atomic E-state index is 11.7. The van der Waals surface area contributed by atoms with Gasteiger partial charge in [0.15, 0.2) is 5.69 Å². The predicted molar refractivity (Wildman–Crippen MR) is 70.3 cm³/mol. The Bertz CT molecular complexity index is 623. The van der Waals surface area contributed by atoms with Crippen LogP contribution in [0.2, 0.25) is 0 Å². The molecule has 0 bridgehead atoms. The molecular weight excluding hydrogens is 260 g/mol. The largest absolute Gasteiger partial charge is 0.457 e. The first kappa shape index (κ1) is 14.0. The van der Waals surface area contributed by atoms with Crippen molar-refractivity contribution in [1.29, 1.82) is 0 Å². The first-order valence-electron chi connectivity index (χ1n) is 6.14. The lowest BCUT2D eigenvalue weighted by Crippen LogP contribution is -2.09. The molecule has 0 atom stereocenters. The van der Waals surface area contributed by atoms with Crippen LogP contribution in [0.4, 0.5) is 0 Å². The van der Waals surface area contributed by atoms with Gasteiger partial charge in [0, 0.05) is 0 Å². The SMILES string of the molecule is C=CCOC(=O)c1nnn(Cc2nc(C)c(C)o2)c1C. The molecule has 0 N–H and O–H groups in total. The lowest BCUT2D eigenvalue weighted by molar-refractivity contribution is 0.0542. The highest BCUT2D eigenvalue weighted by Gasteiger charge is 2.18. The van der Waals surface area contributed by atoms with E-state index >= 15 is 0 Å². The number of carbonyl (C=O) groups excluding carboxylic acids is 1. The zero-order valence-corrected chi connectivity index (χ0v) is 11.7.